The molecule has 2 nitrogen and oxygen atoms in total. The molecule has 0 unspecified atom stereocenters. The number of unbranched alkanes of at least 4 members (excludes halogenated alkanes) is 2. The minimum absolute atomic E-state index is 0.175. The van der Waals surface area contributed by atoms with Gasteiger partial charge in [-0.1, -0.05) is 51.5 Å². The van der Waals surface area contributed by atoms with Crippen LogP contribution in [0.25, 0.3) is 0 Å². The van der Waals surface area contributed by atoms with E-state index in [1.807, 2.05) is 24.9 Å². The molecule has 0 aromatic carbocycles. The standard InChI is InChI=1S/C22H39NO/c1-4-6-7-9-18-10-12-19(13-11-18)20-14-16-21(17-15-20)23(3)22(24)8-5-2/h5,8,18-21H,4,6-7,9-17H2,1-3H3/b8-5+. The van der Waals surface area contributed by atoms with Crippen molar-refractivity contribution in [3.05, 3.63) is 12.2 Å². The second kappa shape index (κ2) is 10.3. The Kier molecular flexibility index (Phi) is 8.35. The van der Waals surface area contributed by atoms with Gasteiger partial charge in [0.1, 0.15) is 0 Å². The molecule has 1 amide bonds. The van der Waals surface area contributed by atoms with Crippen molar-refractivity contribution < 1.29 is 4.79 Å². The Bertz CT molecular complexity index is 387. The molecule has 138 valence electrons. The van der Waals surface area contributed by atoms with Gasteiger partial charge in [0.05, 0.1) is 0 Å². The van der Waals surface area contributed by atoms with Crippen LogP contribution in [0.2, 0.25) is 0 Å². The summed E-state index contributed by atoms with van der Waals surface area (Å²) in [6, 6.07) is 0.468. The van der Waals surface area contributed by atoms with Gasteiger partial charge >= 0.3 is 0 Å². The van der Waals surface area contributed by atoms with Crippen LogP contribution < -0.4 is 0 Å². The van der Waals surface area contributed by atoms with E-state index in [0.29, 0.717) is 6.04 Å². The highest BCUT2D eigenvalue weighted by Crippen LogP contribution is 2.41. The first-order valence-corrected chi connectivity index (χ1v) is 10.5. The highest BCUT2D eigenvalue weighted by atomic mass is 16.2. The van der Waals surface area contributed by atoms with Crippen molar-refractivity contribution in [3.63, 3.8) is 0 Å². The Morgan fingerprint density at radius 1 is 0.958 bits per heavy atom. The molecule has 0 bridgehead atoms. The molecule has 0 spiro atoms. The van der Waals surface area contributed by atoms with Gasteiger partial charge in [0.2, 0.25) is 5.91 Å². The van der Waals surface area contributed by atoms with E-state index in [9.17, 15) is 4.79 Å². The van der Waals surface area contributed by atoms with Crippen LogP contribution in [0.4, 0.5) is 0 Å². The molecule has 2 heteroatoms. The second-order valence-corrected chi connectivity index (χ2v) is 8.29. The molecular weight excluding hydrogens is 294 g/mol. The normalized spacial score (nSPS) is 31.3. The van der Waals surface area contributed by atoms with E-state index in [2.05, 4.69) is 6.92 Å². The van der Waals surface area contributed by atoms with Gasteiger partial charge in [0, 0.05) is 13.1 Å². The molecule has 0 aromatic rings. The molecule has 2 fully saturated rings. The van der Waals surface area contributed by atoms with Crippen molar-refractivity contribution in [3.8, 4) is 0 Å². The summed E-state index contributed by atoms with van der Waals surface area (Å²) in [5.74, 6) is 3.11. The number of rotatable bonds is 7. The fourth-order valence-corrected chi connectivity index (χ4v) is 5.03. The van der Waals surface area contributed by atoms with Crippen molar-refractivity contribution in [2.24, 2.45) is 17.8 Å². The number of nitrogens with zero attached hydrogens (tertiary/aromatic N) is 1. The van der Waals surface area contributed by atoms with Gasteiger partial charge in [-0.2, -0.15) is 0 Å². The minimum atomic E-state index is 0.175. The largest absolute Gasteiger partial charge is 0.339 e. The highest BCUT2D eigenvalue weighted by molar-refractivity contribution is 5.87. The monoisotopic (exact) mass is 333 g/mol. The fourth-order valence-electron chi connectivity index (χ4n) is 5.03. The third kappa shape index (κ3) is 5.63. The van der Waals surface area contributed by atoms with Crippen molar-refractivity contribution in [1.82, 2.24) is 4.90 Å². The van der Waals surface area contributed by atoms with Gasteiger partial charge < -0.3 is 4.90 Å². The maximum atomic E-state index is 12.0. The van der Waals surface area contributed by atoms with Crippen LogP contribution >= 0.6 is 0 Å². The molecular formula is C22H39NO. The van der Waals surface area contributed by atoms with E-state index < -0.39 is 0 Å². The van der Waals surface area contributed by atoms with E-state index in [1.54, 1.807) is 6.08 Å². The average molecular weight is 334 g/mol. The van der Waals surface area contributed by atoms with Crippen molar-refractivity contribution in [1.29, 1.82) is 0 Å². The fraction of sp³-hybridized carbons (Fsp3) is 0.864. The Morgan fingerprint density at radius 2 is 1.54 bits per heavy atom. The third-order valence-electron chi connectivity index (χ3n) is 6.72. The van der Waals surface area contributed by atoms with Gasteiger partial charge in [-0.25, -0.2) is 0 Å². The van der Waals surface area contributed by atoms with Crippen molar-refractivity contribution >= 4 is 5.91 Å². The quantitative estimate of drug-likeness (QED) is 0.415. The molecule has 0 aromatic heterocycles. The van der Waals surface area contributed by atoms with Crippen LogP contribution in [0.3, 0.4) is 0 Å². The molecule has 0 saturated heterocycles. The predicted octanol–water partition coefficient (Wildman–Crippen LogP) is 5.97. The molecule has 0 aliphatic heterocycles. The van der Waals surface area contributed by atoms with E-state index in [1.165, 1.54) is 77.0 Å². The van der Waals surface area contributed by atoms with Gasteiger partial charge in [-0.05, 0) is 69.3 Å². The molecule has 0 heterocycles. The smallest absolute Gasteiger partial charge is 0.246 e. The average Bonchev–Trinajstić information content (AvgIpc) is 2.62. The lowest BCUT2D eigenvalue weighted by atomic mass is 9.69. The summed E-state index contributed by atoms with van der Waals surface area (Å²) in [4.78, 5) is 14.0. The lowest BCUT2D eigenvalue weighted by Crippen LogP contribution is -2.39. The topological polar surface area (TPSA) is 20.3 Å². The lowest BCUT2D eigenvalue weighted by Gasteiger charge is -2.40. The summed E-state index contributed by atoms with van der Waals surface area (Å²) in [6.45, 7) is 4.22. The zero-order valence-electron chi connectivity index (χ0n) is 16.3. The molecule has 0 N–H and O–H groups in total. The summed E-state index contributed by atoms with van der Waals surface area (Å²) in [5.41, 5.74) is 0. The number of allylic oxidation sites excluding steroid dienone is 1. The molecule has 2 aliphatic carbocycles. The molecule has 0 radical (unpaired) electrons. The predicted molar refractivity (Wildman–Crippen MR) is 103 cm³/mol. The van der Waals surface area contributed by atoms with E-state index in [0.717, 1.165) is 17.8 Å². The molecule has 2 rings (SSSR count). The second-order valence-electron chi connectivity index (χ2n) is 8.29. The van der Waals surface area contributed by atoms with E-state index in [4.69, 9.17) is 0 Å². The maximum absolute atomic E-state index is 12.0. The SMILES string of the molecule is C/C=C/C(=O)N(C)C1CCC(C2CCC(CCCCC)CC2)CC1. The zero-order valence-corrected chi connectivity index (χ0v) is 16.3. The number of amides is 1. The van der Waals surface area contributed by atoms with Gasteiger partial charge in [0.15, 0.2) is 0 Å². The van der Waals surface area contributed by atoms with Crippen LogP contribution in [0.5, 0.6) is 0 Å². The number of carbonyl (C=O) groups is 1. The zero-order chi connectivity index (χ0) is 17.4. The highest BCUT2D eigenvalue weighted by Gasteiger charge is 2.32. The Labute approximate surface area is 150 Å². The van der Waals surface area contributed by atoms with Crippen LogP contribution in [0, 0.1) is 17.8 Å². The first-order chi connectivity index (χ1) is 11.7. The minimum Gasteiger partial charge on any atom is -0.339 e. The number of carbonyl (C=O) groups excluding carboxylic acids is 1. The van der Waals surface area contributed by atoms with Crippen LogP contribution in [0.1, 0.15) is 90.9 Å². The summed E-state index contributed by atoms with van der Waals surface area (Å²) in [5, 5.41) is 0. The summed E-state index contributed by atoms with van der Waals surface area (Å²) in [6.07, 6.45) is 20.2. The first-order valence-electron chi connectivity index (χ1n) is 10.5. The molecule has 2 aliphatic rings. The summed E-state index contributed by atoms with van der Waals surface area (Å²) in [7, 11) is 1.98. The molecule has 0 atom stereocenters. The van der Waals surface area contributed by atoms with E-state index >= 15 is 0 Å². The van der Waals surface area contributed by atoms with Crippen molar-refractivity contribution in [2.45, 2.75) is 96.9 Å². The van der Waals surface area contributed by atoms with E-state index in [-0.39, 0.29) is 5.91 Å². The van der Waals surface area contributed by atoms with Crippen LogP contribution in [0.15, 0.2) is 12.2 Å². The van der Waals surface area contributed by atoms with Gasteiger partial charge in [-0.3, -0.25) is 4.79 Å². The van der Waals surface area contributed by atoms with Crippen LogP contribution in [-0.2, 0) is 4.79 Å². The third-order valence-corrected chi connectivity index (χ3v) is 6.72. The number of hydrogen-bond donors (Lipinski definition) is 0. The maximum Gasteiger partial charge on any atom is 0.246 e. The van der Waals surface area contributed by atoms with Gasteiger partial charge in [0.25, 0.3) is 0 Å². The molecule has 24 heavy (non-hydrogen) atoms. The van der Waals surface area contributed by atoms with Crippen LogP contribution in [-0.4, -0.2) is 23.9 Å². The molecule has 2 saturated carbocycles. The summed E-state index contributed by atoms with van der Waals surface area (Å²) < 4.78 is 0. The number of likely N-dealkylation sites (N-methyl/N-ethyl adjacent to an activating group) is 1. The van der Waals surface area contributed by atoms with Gasteiger partial charge in [-0.15, -0.1) is 0 Å². The first kappa shape index (κ1) is 19.5. The number of hydrogen-bond acceptors (Lipinski definition) is 1. The van der Waals surface area contributed by atoms with Crippen molar-refractivity contribution in [2.75, 3.05) is 7.05 Å². The Morgan fingerprint density at radius 3 is 2.08 bits per heavy atom. The Balaban J connectivity index is 1.69. The lowest BCUT2D eigenvalue weighted by molar-refractivity contribution is -0.127. The Hall–Kier alpha value is -0.790. The summed E-state index contributed by atoms with van der Waals surface area (Å²) >= 11 is 0.